The van der Waals surface area contributed by atoms with Gasteiger partial charge in [-0.3, -0.25) is 25.1 Å². The highest BCUT2D eigenvalue weighted by Crippen LogP contribution is 2.86. The van der Waals surface area contributed by atoms with Crippen molar-refractivity contribution in [1.29, 1.82) is 0 Å². The molecule has 3 aromatic carbocycles. The molecule has 174 valence electrons. The molecule has 2 N–H and O–H groups in total. The molecule has 3 heterocycles. The maximum atomic E-state index is 14.1. The number of amides is 4. The van der Waals surface area contributed by atoms with E-state index in [0.717, 1.165) is 29.5 Å². The molecule has 0 bridgehead atoms. The number of fused-ring (bicyclic) bond motifs is 5. The molecule has 3 aromatic rings. The van der Waals surface area contributed by atoms with Crippen LogP contribution in [-0.2, 0) is 20.4 Å². The van der Waals surface area contributed by atoms with E-state index in [2.05, 4.69) is 39.8 Å². The molecule has 4 aliphatic rings. The molecule has 3 saturated heterocycles. The lowest BCUT2D eigenvalue weighted by molar-refractivity contribution is -0.148. The van der Waals surface area contributed by atoms with Crippen molar-refractivity contribution in [1.82, 2.24) is 15.5 Å². The van der Waals surface area contributed by atoms with Crippen LogP contribution in [0, 0.1) is 0 Å². The lowest BCUT2D eigenvalue weighted by atomic mass is 9.68. The number of urea groups is 1. The summed E-state index contributed by atoms with van der Waals surface area (Å²) in [6, 6.07) is 29.8. The van der Waals surface area contributed by atoms with Gasteiger partial charge in [0.15, 0.2) is 5.54 Å². The normalized spacial score (nSPS) is 32.6. The second kappa shape index (κ2) is 6.89. The van der Waals surface area contributed by atoms with Crippen molar-refractivity contribution in [3.05, 3.63) is 108 Å². The van der Waals surface area contributed by atoms with Crippen LogP contribution >= 0.6 is 0 Å². The zero-order valence-corrected chi connectivity index (χ0v) is 19.1. The number of imide groups is 2. The summed E-state index contributed by atoms with van der Waals surface area (Å²) in [6.45, 7) is 0.629. The predicted molar refractivity (Wildman–Crippen MR) is 130 cm³/mol. The molecule has 1 spiro atoms. The van der Waals surface area contributed by atoms with Gasteiger partial charge in [-0.25, -0.2) is 4.79 Å². The largest absolute Gasteiger partial charge is 0.328 e. The molecule has 1 saturated carbocycles. The number of carbonyl (C=O) groups is 3. The highest BCUT2D eigenvalue weighted by molar-refractivity contribution is 6.25. The number of piperidine rings is 1. The predicted octanol–water partition coefficient (Wildman–Crippen LogP) is 3.24. The summed E-state index contributed by atoms with van der Waals surface area (Å²) in [5.74, 6) is -1.15. The smallest absolute Gasteiger partial charge is 0.277 e. The Morgan fingerprint density at radius 3 is 1.86 bits per heavy atom. The SMILES string of the molecule is O=C1NC(=O)C2(C(=O)N1)N1CCC[C@@H]1[C@]1(c3ccccc3)[C@@H](c3ccccc3)[C@]21c1ccccc1. The summed E-state index contributed by atoms with van der Waals surface area (Å²) in [5.41, 5.74) is 0.242. The Kier molecular flexibility index (Phi) is 4.05. The van der Waals surface area contributed by atoms with E-state index in [0.29, 0.717) is 6.54 Å². The Balaban J connectivity index is 1.64. The standard InChI is InChI=1S/C29H25N3O3/c33-24-29(25(34)31-26(35)30-24)28(21-15-8-3-9-16-21)23(19-11-4-1-5-12-19)27(28,20-13-6-2-7-14-20)22-17-10-18-32(22)29/h1-9,11-16,22-23H,10,17-18H2,(H2,30,31,33,34,35)/t22-,23-,27-,28+/m1/s1. The van der Waals surface area contributed by atoms with Gasteiger partial charge < -0.3 is 0 Å². The molecule has 0 radical (unpaired) electrons. The Hall–Kier alpha value is -3.77. The number of hydrogen-bond donors (Lipinski definition) is 2. The van der Waals surface area contributed by atoms with Crippen molar-refractivity contribution in [2.75, 3.05) is 6.54 Å². The van der Waals surface area contributed by atoms with Crippen LogP contribution in [0.5, 0.6) is 0 Å². The van der Waals surface area contributed by atoms with Crippen LogP contribution in [0.4, 0.5) is 4.79 Å². The van der Waals surface area contributed by atoms with Gasteiger partial charge in [-0.1, -0.05) is 91.0 Å². The highest BCUT2D eigenvalue weighted by atomic mass is 16.2. The van der Waals surface area contributed by atoms with Crippen molar-refractivity contribution in [2.45, 2.75) is 41.2 Å². The van der Waals surface area contributed by atoms with Crippen LogP contribution in [0.25, 0.3) is 0 Å². The summed E-state index contributed by atoms with van der Waals surface area (Å²) in [6.07, 6.45) is 1.77. The third-order valence-electron chi connectivity index (χ3n) is 8.96. The summed E-state index contributed by atoms with van der Waals surface area (Å²) in [4.78, 5) is 42.6. The minimum absolute atomic E-state index is 0.0278. The van der Waals surface area contributed by atoms with E-state index in [1.807, 2.05) is 66.7 Å². The van der Waals surface area contributed by atoms with E-state index in [9.17, 15) is 14.4 Å². The highest BCUT2D eigenvalue weighted by Gasteiger charge is 2.96. The fraction of sp³-hybridized carbons (Fsp3) is 0.276. The Morgan fingerprint density at radius 1 is 0.714 bits per heavy atom. The molecule has 35 heavy (non-hydrogen) atoms. The van der Waals surface area contributed by atoms with Crippen LogP contribution in [0.3, 0.4) is 0 Å². The second-order valence-electron chi connectivity index (χ2n) is 10.1. The quantitative estimate of drug-likeness (QED) is 0.585. The number of benzene rings is 3. The number of rotatable bonds is 3. The summed E-state index contributed by atoms with van der Waals surface area (Å²) >= 11 is 0. The minimum atomic E-state index is -1.54. The number of carbonyl (C=O) groups excluding carboxylic acids is 3. The second-order valence-corrected chi connectivity index (χ2v) is 10.1. The van der Waals surface area contributed by atoms with Gasteiger partial charge in [0.05, 0.1) is 5.41 Å². The summed E-state index contributed by atoms with van der Waals surface area (Å²) < 4.78 is 0. The van der Waals surface area contributed by atoms with Crippen LogP contribution in [-0.4, -0.2) is 40.9 Å². The van der Waals surface area contributed by atoms with Gasteiger partial charge in [-0.05, 0) is 29.5 Å². The van der Waals surface area contributed by atoms with E-state index in [1.165, 1.54) is 0 Å². The van der Waals surface area contributed by atoms with Crippen molar-refractivity contribution >= 4 is 17.8 Å². The van der Waals surface area contributed by atoms with Crippen molar-refractivity contribution in [2.24, 2.45) is 0 Å². The minimum Gasteiger partial charge on any atom is -0.277 e. The fourth-order valence-electron chi connectivity index (χ4n) is 8.24. The molecule has 1 aliphatic carbocycles. The lowest BCUT2D eigenvalue weighted by Crippen LogP contribution is -2.76. The van der Waals surface area contributed by atoms with Crippen molar-refractivity contribution in [3.63, 3.8) is 0 Å². The maximum absolute atomic E-state index is 14.1. The molecular weight excluding hydrogens is 438 g/mol. The summed E-state index contributed by atoms with van der Waals surface area (Å²) in [7, 11) is 0. The lowest BCUT2D eigenvalue weighted by Gasteiger charge is -2.45. The number of hydrogen-bond acceptors (Lipinski definition) is 4. The van der Waals surface area contributed by atoms with E-state index in [1.54, 1.807) is 0 Å². The first-order valence-corrected chi connectivity index (χ1v) is 12.2. The third-order valence-corrected chi connectivity index (χ3v) is 8.96. The molecule has 7 rings (SSSR count). The van der Waals surface area contributed by atoms with Crippen molar-refractivity contribution < 1.29 is 14.4 Å². The maximum Gasteiger partial charge on any atom is 0.328 e. The van der Waals surface area contributed by atoms with Gasteiger partial charge in [0, 0.05) is 23.9 Å². The van der Waals surface area contributed by atoms with Crippen molar-refractivity contribution in [3.8, 4) is 0 Å². The third kappa shape index (κ3) is 2.13. The fourth-order valence-corrected chi connectivity index (χ4v) is 8.24. The van der Waals surface area contributed by atoms with Crippen LogP contribution in [0.1, 0.15) is 35.4 Å². The van der Waals surface area contributed by atoms with Crippen LogP contribution in [0.2, 0.25) is 0 Å². The van der Waals surface area contributed by atoms with E-state index in [-0.39, 0.29) is 12.0 Å². The molecule has 0 unspecified atom stereocenters. The van der Waals surface area contributed by atoms with E-state index >= 15 is 0 Å². The van der Waals surface area contributed by atoms with Gasteiger partial charge in [0.1, 0.15) is 0 Å². The number of nitrogens with one attached hydrogen (secondary N) is 2. The van der Waals surface area contributed by atoms with Gasteiger partial charge in [-0.15, -0.1) is 0 Å². The molecule has 4 fully saturated rings. The molecule has 4 atom stereocenters. The van der Waals surface area contributed by atoms with Gasteiger partial charge in [0.2, 0.25) is 0 Å². The molecule has 0 aromatic heterocycles. The topological polar surface area (TPSA) is 78.5 Å². The number of barbiturate groups is 1. The van der Waals surface area contributed by atoms with Crippen LogP contribution < -0.4 is 10.6 Å². The van der Waals surface area contributed by atoms with Crippen LogP contribution in [0.15, 0.2) is 91.0 Å². The Bertz CT molecular complexity index is 1340. The first kappa shape index (κ1) is 20.6. The average molecular weight is 464 g/mol. The molecular formula is C29H25N3O3. The molecule has 6 heteroatoms. The Labute approximate surface area is 203 Å². The zero-order chi connectivity index (χ0) is 23.8. The zero-order valence-electron chi connectivity index (χ0n) is 19.1. The van der Waals surface area contributed by atoms with Gasteiger partial charge in [-0.2, -0.15) is 0 Å². The molecule has 4 amide bonds. The van der Waals surface area contributed by atoms with E-state index < -0.39 is 34.2 Å². The monoisotopic (exact) mass is 463 g/mol. The molecule has 3 aliphatic heterocycles. The first-order chi connectivity index (χ1) is 17.1. The van der Waals surface area contributed by atoms with Gasteiger partial charge in [0.25, 0.3) is 11.8 Å². The summed E-state index contributed by atoms with van der Waals surface area (Å²) in [5, 5.41) is 4.99. The van der Waals surface area contributed by atoms with E-state index in [4.69, 9.17) is 0 Å². The first-order valence-electron chi connectivity index (χ1n) is 12.2. The average Bonchev–Trinajstić information content (AvgIpc) is 3.13. The van der Waals surface area contributed by atoms with Gasteiger partial charge >= 0.3 is 6.03 Å². The molecule has 6 nitrogen and oxygen atoms in total. The number of nitrogens with zero attached hydrogens (tertiary/aromatic N) is 1. The Morgan fingerprint density at radius 2 is 1.26 bits per heavy atom.